The molecule has 110 valence electrons. The number of rotatable bonds is 5. The lowest BCUT2D eigenvalue weighted by Crippen LogP contribution is -2.54. The summed E-state index contributed by atoms with van der Waals surface area (Å²) in [6, 6.07) is 10.8. The van der Waals surface area contributed by atoms with Crippen LogP contribution < -0.4 is 5.73 Å². The molecule has 1 aromatic carbocycles. The summed E-state index contributed by atoms with van der Waals surface area (Å²) in [6.07, 6.45) is 2.67. The molecule has 1 aromatic rings. The second-order valence-electron chi connectivity index (χ2n) is 6.82. The van der Waals surface area contributed by atoms with Crippen LogP contribution in [0.15, 0.2) is 30.3 Å². The van der Waals surface area contributed by atoms with Crippen LogP contribution in [-0.4, -0.2) is 48.1 Å². The predicted octanol–water partition coefficient (Wildman–Crippen LogP) is 1.93. The lowest BCUT2D eigenvalue weighted by atomic mass is 9.96. The van der Waals surface area contributed by atoms with Crippen molar-refractivity contribution in [1.82, 2.24) is 9.80 Å². The Morgan fingerprint density at radius 1 is 1.05 bits per heavy atom. The smallest absolute Gasteiger partial charge is 0.0283 e. The van der Waals surface area contributed by atoms with Crippen molar-refractivity contribution in [2.24, 2.45) is 11.7 Å². The minimum atomic E-state index is 0.0294. The fourth-order valence-corrected chi connectivity index (χ4v) is 3.30. The fourth-order valence-electron chi connectivity index (χ4n) is 3.30. The Hall–Kier alpha value is -0.900. The molecular formula is C17H27N3. The van der Waals surface area contributed by atoms with E-state index in [2.05, 4.69) is 47.1 Å². The lowest BCUT2D eigenvalue weighted by molar-refractivity contribution is 0.104. The Morgan fingerprint density at radius 3 is 2.25 bits per heavy atom. The highest BCUT2D eigenvalue weighted by molar-refractivity contribution is 5.14. The normalized spacial score (nSPS) is 24.5. The molecule has 0 bridgehead atoms. The van der Waals surface area contributed by atoms with E-state index in [9.17, 15) is 0 Å². The summed E-state index contributed by atoms with van der Waals surface area (Å²) in [4.78, 5) is 5.11. The van der Waals surface area contributed by atoms with Crippen molar-refractivity contribution in [3.63, 3.8) is 0 Å². The van der Waals surface area contributed by atoms with Crippen LogP contribution in [0.5, 0.6) is 0 Å². The summed E-state index contributed by atoms with van der Waals surface area (Å²) in [5.41, 5.74) is 7.90. The Kier molecular flexibility index (Phi) is 4.11. The molecule has 20 heavy (non-hydrogen) atoms. The molecular weight excluding hydrogens is 246 g/mol. The first-order valence-electron chi connectivity index (χ1n) is 7.91. The van der Waals surface area contributed by atoms with Gasteiger partial charge in [-0.2, -0.15) is 0 Å². The highest BCUT2D eigenvalue weighted by atomic mass is 15.3. The average Bonchev–Trinajstić information content (AvgIpc) is 3.27. The van der Waals surface area contributed by atoms with Crippen molar-refractivity contribution in [3.8, 4) is 0 Å². The van der Waals surface area contributed by atoms with Gasteiger partial charge in [-0.1, -0.05) is 30.3 Å². The largest absolute Gasteiger partial charge is 0.324 e. The Balaban J connectivity index is 1.45. The maximum atomic E-state index is 6.46. The van der Waals surface area contributed by atoms with Crippen LogP contribution in [0.25, 0.3) is 0 Å². The molecule has 1 aliphatic heterocycles. The van der Waals surface area contributed by atoms with E-state index in [-0.39, 0.29) is 5.54 Å². The summed E-state index contributed by atoms with van der Waals surface area (Å²) in [6.45, 7) is 9.03. The molecule has 1 saturated heterocycles. The monoisotopic (exact) mass is 273 g/mol. The van der Waals surface area contributed by atoms with Crippen LogP contribution in [-0.2, 0) is 6.54 Å². The van der Waals surface area contributed by atoms with E-state index < -0.39 is 0 Å². The van der Waals surface area contributed by atoms with Crippen LogP contribution in [0, 0.1) is 5.92 Å². The molecule has 2 fully saturated rings. The zero-order chi connectivity index (χ0) is 14.0. The van der Waals surface area contributed by atoms with Gasteiger partial charge in [-0.05, 0) is 31.2 Å². The highest BCUT2D eigenvalue weighted by Gasteiger charge is 2.39. The first-order valence-corrected chi connectivity index (χ1v) is 7.91. The molecule has 3 rings (SSSR count). The van der Waals surface area contributed by atoms with Gasteiger partial charge in [0.1, 0.15) is 0 Å². The van der Waals surface area contributed by atoms with E-state index in [1.165, 1.54) is 18.4 Å². The molecule has 0 spiro atoms. The number of benzene rings is 1. The van der Waals surface area contributed by atoms with Gasteiger partial charge in [0, 0.05) is 44.8 Å². The minimum absolute atomic E-state index is 0.0294. The number of nitrogens with two attached hydrogens (primary N) is 1. The van der Waals surface area contributed by atoms with Crippen molar-refractivity contribution in [1.29, 1.82) is 0 Å². The molecule has 2 aliphatic rings. The Labute approximate surface area is 122 Å². The molecule has 3 heteroatoms. The second kappa shape index (κ2) is 5.84. The molecule has 1 aliphatic carbocycles. The van der Waals surface area contributed by atoms with Crippen LogP contribution in [0.3, 0.4) is 0 Å². The van der Waals surface area contributed by atoms with E-state index in [0.29, 0.717) is 0 Å². The van der Waals surface area contributed by atoms with Gasteiger partial charge >= 0.3 is 0 Å². The summed E-state index contributed by atoms with van der Waals surface area (Å²) in [5, 5.41) is 0. The van der Waals surface area contributed by atoms with Crippen LogP contribution in [0.4, 0.5) is 0 Å². The molecule has 0 amide bonds. The van der Waals surface area contributed by atoms with Gasteiger partial charge in [-0.3, -0.25) is 9.80 Å². The van der Waals surface area contributed by atoms with E-state index >= 15 is 0 Å². The van der Waals surface area contributed by atoms with Crippen LogP contribution in [0.2, 0.25) is 0 Å². The molecule has 1 heterocycles. The van der Waals surface area contributed by atoms with E-state index in [1.807, 2.05) is 0 Å². The number of nitrogens with zero attached hydrogens (tertiary/aromatic N) is 2. The zero-order valence-corrected chi connectivity index (χ0v) is 12.6. The Morgan fingerprint density at radius 2 is 1.65 bits per heavy atom. The Bertz CT molecular complexity index is 417. The number of hydrogen-bond acceptors (Lipinski definition) is 3. The predicted molar refractivity (Wildman–Crippen MR) is 83.5 cm³/mol. The van der Waals surface area contributed by atoms with Gasteiger partial charge in [0.15, 0.2) is 0 Å². The third-order valence-electron chi connectivity index (χ3n) is 4.79. The van der Waals surface area contributed by atoms with Gasteiger partial charge < -0.3 is 5.73 Å². The van der Waals surface area contributed by atoms with E-state index in [0.717, 1.165) is 45.2 Å². The molecule has 0 aromatic heterocycles. The third kappa shape index (κ3) is 3.60. The van der Waals surface area contributed by atoms with Gasteiger partial charge in [0.2, 0.25) is 0 Å². The first-order chi connectivity index (χ1) is 9.63. The van der Waals surface area contributed by atoms with Gasteiger partial charge in [0.05, 0.1) is 0 Å². The van der Waals surface area contributed by atoms with Gasteiger partial charge in [-0.25, -0.2) is 0 Å². The van der Waals surface area contributed by atoms with Crippen molar-refractivity contribution >= 4 is 0 Å². The zero-order valence-electron chi connectivity index (χ0n) is 12.6. The van der Waals surface area contributed by atoms with Crippen molar-refractivity contribution in [2.45, 2.75) is 31.8 Å². The number of piperazine rings is 1. The third-order valence-corrected chi connectivity index (χ3v) is 4.79. The van der Waals surface area contributed by atoms with E-state index in [4.69, 9.17) is 5.73 Å². The number of hydrogen-bond donors (Lipinski definition) is 1. The molecule has 2 N–H and O–H groups in total. The standard InChI is InChI=1S/C17H27N3/c1-17(18,16-7-8-16)14-20-11-9-19(10-12-20)13-15-5-3-2-4-6-15/h2-6,16H,7-14,18H2,1H3. The highest BCUT2D eigenvalue weighted by Crippen LogP contribution is 2.38. The average molecular weight is 273 g/mol. The summed E-state index contributed by atoms with van der Waals surface area (Å²) in [7, 11) is 0. The molecule has 1 atom stereocenters. The molecule has 1 saturated carbocycles. The maximum absolute atomic E-state index is 6.46. The fraction of sp³-hybridized carbons (Fsp3) is 0.647. The van der Waals surface area contributed by atoms with Gasteiger partial charge in [0.25, 0.3) is 0 Å². The van der Waals surface area contributed by atoms with Crippen LogP contribution in [0.1, 0.15) is 25.3 Å². The van der Waals surface area contributed by atoms with Crippen molar-refractivity contribution in [2.75, 3.05) is 32.7 Å². The minimum Gasteiger partial charge on any atom is -0.324 e. The van der Waals surface area contributed by atoms with Gasteiger partial charge in [-0.15, -0.1) is 0 Å². The van der Waals surface area contributed by atoms with Crippen LogP contribution >= 0.6 is 0 Å². The SMILES string of the molecule is CC(N)(CN1CCN(Cc2ccccc2)CC1)C1CC1. The summed E-state index contributed by atoms with van der Waals surface area (Å²) >= 11 is 0. The second-order valence-corrected chi connectivity index (χ2v) is 6.82. The summed E-state index contributed by atoms with van der Waals surface area (Å²) in [5.74, 6) is 0.768. The first kappa shape index (κ1) is 14.1. The molecule has 3 nitrogen and oxygen atoms in total. The lowest BCUT2D eigenvalue weighted by Gasteiger charge is -2.39. The maximum Gasteiger partial charge on any atom is 0.0283 e. The summed E-state index contributed by atoms with van der Waals surface area (Å²) < 4.78 is 0. The molecule has 0 radical (unpaired) electrons. The quantitative estimate of drug-likeness (QED) is 0.890. The molecule has 1 unspecified atom stereocenters. The van der Waals surface area contributed by atoms with E-state index in [1.54, 1.807) is 0 Å². The van der Waals surface area contributed by atoms with Crippen molar-refractivity contribution in [3.05, 3.63) is 35.9 Å². The van der Waals surface area contributed by atoms with Crippen molar-refractivity contribution < 1.29 is 0 Å². The topological polar surface area (TPSA) is 32.5 Å².